The lowest BCUT2D eigenvalue weighted by atomic mass is 9.89. The zero-order valence-electron chi connectivity index (χ0n) is 12.4. The van der Waals surface area contributed by atoms with Crippen molar-refractivity contribution in [3.8, 4) is 0 Å². The molecule has 1 aromatic carbocycles. The van der Waals surface area contributed by atoms with Crippen LogP contribution in [0.1, 0.15) is 62.2 Å². The highest BCUT2D eigenvalue weighted by molar-refractivity contribution is 5.85. The molecule has 1 saturated heterocycles. The van der Waals surface area contributed by atoms with Crippen LogP contribution in [0.4, 0.5) is 0 Å². The average Bonchev–Trinajstić information content (AvgIpc) is 3.05. The first kappa shape index (κ1) is 12.5. The second kappa shape index (κ2) is 4.92. The Bertz CT molecular complexity index is 613. The number of nitrogens with zero attached hydrogens (tertiary/aromatic N) is 1. The van der Waals surface area contributed by atoms with Gasteiger partial charge in [-0.25, -0.2) is 0 Å². The van der Waals surface area contributed by atoms with Crippen molar-refractivity contribution >= 4 is 10.9 Å². The first-order chi connectivity index (χ1) is 9.88. The number of benzene rings is 1. The van der Waals surface area contributed by atoms with E-state index in [4.69, 9.17) is 0 Å². The van der Waals surface area contributed by atoms with Crippen molar-refractivity contribution in [1.29, 1.82) is 0 Å². The van der Waals surface area contributed by atoms with Gasteiger partial charge < -0.3 is 4.98 Å². The second-order valence-corrected chi connectivity index (χ2v) is 6.49. The maximum Gasteiger partial charge on any atom is 0.0501 e. The van der Waals surface area contributed by atoms with Crippen LogP contribution in [0, 0.1) is 0 Å². The third kappa shape index (κ3) is 1.81. The van der Waals surface area contributed by atoms with E-state index in [0.717, 1.165) is 5.92 Å². The van der Waals surface area contributed by atoms with E-state index in [0.29, 0.717) is 6.04 Å². The number of rotatable bonds is 4. The zero-order valence-corrected chi connectivity index (χ0v) is 12.4. The molecule has 4 rings (SSSR count). The highest BCUT2D eigenvalue weighted by atomic mass is 15.2. The number of para-hydroxylation sites is 1. The Morgan fingerprint density at radius 1 is 1.25 bits per heavy atom. The summed E-state index contributed by atoms with van der Waals surface area (Å²) < 4.78 is 0. The maximum absolute atomic E-state index is 3.75. The predicted molar refractivity (Wildman–Crippen MR) is 84.1 cm³/mol. The van der Waals surface area contributed by atoms with Gasteiger partial charge in [0, 0.05) is 29.1 Å². The van der Waals surface area contributed by atoms with E-state index in [-0.39, 0.29) is 0 Å². The molecule has 1 unspecified atom stereocenters. The van der Waals surface area contributed by atoms with Crippen molar-refractivity contribution < 1.29 is 0 Å². The summed E-state index contributed by atoms with van der Waals surface area (Å²) in [5.41, 5.74) is 4.53. The van der Waals surface area contributed by atoms with Crippen molar-refractivity contribution in [2.75, 3.05) is 13.1 Å². The Hall–Kier alpha value is -1.28. The summed E-state index contributed by atoms with van der Waals surface area (Å²) in [6.07, 6.45) is 6.70. The topological polar surface area (TPSA) is 19.0 Å². The summed E-state index contributed by atoms with van der Waals surface area (Å²) in [5, 5.41) is 1.48. The molecule has 2 aliphatic heterocycles. The van der Waals surface area contributed by atoms with E-state index < -0.39 is 0 Å². The Kier molecular flexibility index (Phi) is 3.07. The van der Waals surface area contributed by atoms with Crippen molar-refractivity contribution in [3.05, 3.63) is 35.5 Å². The molecule has 1 N–H and O–H groups in total. The van der Waals surface area contributed by atoms with E-state index in [1.54, 1.807) is 5.56 Å². The minimum absolute atomic E-state index is 0.641. The van der Waals surface area contributed by atoms with Gasteiger partial charge in [0.25, 0.3) is 0 Å². The van der Waals surface area contributed by atoms with E-state index in [9.17, 15) is 0 Å². The predicted octanol–water partition coefficient (Wildman–Crippen LogP) is 4.59. The van der Waals surface area contributed by atoms with E-state index >= 15 is 0 Å². The SMILES string of the molecule is CCCCC[C@@H]1c2[nH]c3ccccc3c2[C@H]2CCN1C2. The Labute approximate surface area is 121 Å². The molecule has 3 heterocycles. The van der Waals surface area contributed by atoms with Gasteiger partial charge in [-0.3, -0.25) is 4.90 Å². The number of unbranched alkanes of at least 4 members (excludes halogenated alkanes) is 2. The third-order valence-corrected chi connectivity index (χ3v) is 5.26. The van der Waals surface area contributed by atoms with Gasteiger partial charge in [-0.05, 0) is 31.0 Å². The van der Waals surface area contributed by atoms with Gasteiger partial charge in [-0.15, -0.1) is 0 Å². The second-order valence-electron chi connectivity index (χ2n) is 6.49. The fourth-order valence-corrected chi connectivity index (χ4v) is 4.29. The number of hydrogen-bond donors (Lipinski definition) is 1. The van der Waals surface area contributed by atoms with Crippen molar-refractivity contribution in [3.63, 3.8) is 0 Å². The quantitative estimate of drug-likeness (QED) is 0.803. The molecule has 106 valence electrons. The van der Waals surface area contributed by atoms with E-state index in [1.807, 2.05) is 0 Å². The Morgan fingerprint density at radius 3 is 3.05 bits per heavy atom. The largest absolute Gasteiger partial charge is 0.357 e. The van der Waals surface area contributed by atoms with Crippen molar-refractivity contribution in [1.82, 2.24) is 9.88 Å². The van der Waals surface area contributed by atoms with Gasteiger partial charge >= 0.3 is 0 Å². The molecule has 1 aromatic heterocycles. The van der Waals surface area contributed by atoms with Crippen molar-refractivity contribution in [2.24, 2.45) is 0 Å². The average molecular weight is 268 g/mol. The first-order valence-corrected chi connectivity index (χ1v) is 8.23. The number of hydrogen-bond acceptors (Lipinski definition) is 1. The normalized spacial score (nSPS) is 27.9. The van der Waals surface area contributed by atoms with Crippen LogP contribution >= 0.6 is 0 Å². The van der Waals surface area contributed by atoms with Crippen LogP contribution in [0.5, 0.6) is 0 Å². The molecule has 2 heteroatoms. The van der Waals surface area contributed by atoms with Gasteiger partial charge in [0.2, 0.25) is 0 Å². The molecule has 0 spiro atoms. The summed E-state index contributed by atoms with van der Waals surface area (Å²) in [4.78, 5) is 6.47. The lowest BCUT2D eigenvalue weighted by Gasteiger charge is -2.32. The zero-order chi connectivity index (χ0) is 13.5. The Balaban J connectivity index is 1.76. The molecule has 3 atom stereocenters. The van der Waals surface area contributed by atoms with Crippen LogP contribution in [0.3, 0.4) is 0 Å². The lowest BCUT2D eigenvalue weighted by Crippen LogP contribution is -2.30. The molecule has 2 nitrogen and oxygen atoms in total. The molecule has 0 radical (unpaired) electrons. The standard InChI is InChI=1S/C18H24N2/c1-2-3-4-9-16-18-17(13-10-11-20(16)12-13)14-7-5-6-8-15(14)19-18/h5-8,13,16,19H,2-4,9-12H2,1H3/t13-,16+/m0/s1. The highest BCUT2D eigenvalue weighted by Crippen LogP contribution is 2.46. The Morgan fingerprint density at radius 2 is 2.15 bits per heavy atom. The lowest BCUT2D eigenvalue weighted by molar-refractivity contribution is 0.211. The fraction of sp³-hybridized carbons (Fsp3) is 0.556. The summed E-state index contributed by atoms with van der Waals surface area (Å²) in [7, 11) is 0. The van der Waals surface area contributed by atoms with Gasteiger partial charge in [-0.2, -0.15) is 0 Å². The minimum atomic E-state index is 0.641. The van der Waals surface area contributed by atoms with Crippen LogP contribution in [0.15, 0.2) is 24.3 Å². The van der Waals surface area contributed by atoms with Crippen LogP contribution in [-0.2, 0) is 0 Å². The number of fused-ring (bicyclic) bond motifs is 6. The third-order valence-electron chi connectivity index (χ3n) is 5.26. The number of aromatic amines is 1. The summed E-state index contributed by atoms with van der Waals surface area (Å²) in [6, 6.07) is 9.52. The monoisotopic (exact) mass is 268 g/mol. The van der Waals surface area contributed by atoms with Crippen LogP contribution < -0.4 is 0 Å². The van der Waals surface area contributed by atoms with Gasteiger partial charge in [0.1, 0.15) is 0 Å². The summed E-state index contributed by atoms with van der Waals surface area (Å²) in [6.45, 7) is 4.87. The molecule has 20 heavy (non-hydrogen) atoms. The van der Waals surface area contributed by atoms with Crippen LogP contribution in [0.2, 0.25) is 0 Å². The van der Waals surface area contributed by atoms with Gasteiger partial charge in [0.05, 0.1) is 6.04 Å². The smallest absolute Gasteiger partial charge is 0.0501 e. The fourth-order valence-electron chi connectivity index (χ4n) is 4.29. The van der Waals surface area contributed by atoms with Gasteiger partial charge in [0.15, 0.2) is 0 Å². The van der Waals surface area contributed by atoms with Crippen LogP contribution in [-0.4, -0.2) is 23.0 Å². The molecule has 2 aromatic rings. The minimum Gasteiger partial charge on any atom is -0.357 e. The molecule has 1 fully saturated rings. The molecule has 0 saturated carbocycles. The number of aromatic nitrogens is 1. The summed E-state index contributed by atoms with van der Waals surface area (Å²) >= 11 is 0. The molecule has 2 bridgehead atoms. The molecular weight excluding hydrogens is 244 g/mol. The van der Waals surface area contributed by atoms with Gasteiger partial charge in [-0.1, -0.05) is 44.4 Å². The highest BCUT2D eigenvalue weighted by Gasteiger charge is 2.39. The molecule has 0 aliphatic carbocycles. The summed E-state index contributed by atoms with van der Waals surface area (Å²) in [5.74, 6) is 0.767. The first-order valence-electron chi connectivity index (χ1n) is 8.23. The van der Waals surface area contributed by atoms with Crippen LogP contribution in [0.25, 0.3) is 10.9 Å². The molecule has 0 amide bonds. The molecule has 2 aliphatic rings. The maximum atomic E-state index is 3.75. The number of nitrogens with one attached hydrogen (secondary N) is 1. The van der Waals surface area contributed by atoms with E-state index in [1.165, 1.54) is 61.8 Å². The van der Waals surface area contributed by atoms with E-state index in [2.05, 4.69) is 41.1 Å². The molecular formula is C18H24N2. The number of H-pyrrole nitrogens is 1. The van der Waals surface area contributed by atoms with Crippen molar-refractivity contribution in [2.45, 2.75) is 51.0 Å².